The Hall–Kier alpha value is -2.10. The summed E-state index contributed by atoms with van der Waals surface area (Å²) in [5.41, 5.74) is 3.33. The maximum Gasteiger partial charge on any atom is 0.307 e. The largest absolute Gasteiger partial charge is 0.463 e. The second kappa shape index (κ2) is 8.25. The molecule has 1 amide bonds. The van der Waals surface area contributed by atoms with Crippen LogP contribution in [0.4, 0.5) is 0 Å². The van der Waals surface area contributed by atoms with Crippen LogP contribution in [-0.4, -0.2) is 24.5 Å². The van der Waals surface area contributed by atoms with Gasteiger partial charge in [-0.3, -0.25) is 9.59 Å². The Morgan fingerprint density at radius 3 is 2.62 bits per heavy atom. The van der Waals surface area contributed by atoms with Crippen LogP contribution >= 0.6 is 0 Å². The smallest absolute Gasteiger partial charge is 0.307 e. The van der Waals surface area contributed by atoms with Gasteiger partial charge in [0.05, 0.1) is 12.5 Å². The lowest BCUT2D eigenvalue weighted by atomic mass is 10.1. The zero-order valence-electron chi connectivity index (χ0n) is 13.1. The molecule has 0 heterocycles. The van der Waals surface area contributed by atoms with Gasteiger partial charge >= 0.3 is 5.97 Å². The highest BCUT2D eigenvalue weighted by molar-refractivity contribution is 5.92. The van der Waals surface area contributed by atoms with Gasteiger partial charge in [0.15, 0.2) is 0 Å². The van der Waals surface area contributed by atoms with Crippen molar-refractivity contribution in [3.63, 3.8) is 0 Å². The molecule has 0 spiro atoms. The number of carbonyl (C=O) groups excluding carboxylic acids is 2. The SMILES string of the molecule is Cc1ccc(/C=C/C(=O)NCCC(=O)OC(C)C)c(C)c1. The predicted molar refractivity (Wildman–Crippen MR) is 83.8 cm³/mol. The Bertz CT molecular complexity index is 533. The maximum absolute atomic E-state index is 11.6. The third-order valence-corrected chi connectivity index (χ3v) is 2.84. The van der Waals surface area contributed by atoms with Crippen LogP contribution in [0.2, 0.25) is 0 Å². The molecule has 0 aromatic heterocycles. The van der Waals surface area contributed by atoms with Gasteiger partial charge in [-0.2, -0.15) is 0 Å². The van der Waals surface area contributed by atoms with Crippen molar-refractivity contribution in [1.29, 1.82) is 0 Å². The van der Waals surface area contributed by atoms with Crippen LogP contribution in [0.15, 0.2) is 24.3 Å². The first-order valence-corrected chi connectivity index (χ1v) is 7.11. The molecule has 1 N–H and O–H groups in total. The fraction of sp³-hybridized carbons (Fsp3) is 0.412. The molecule has 0 aliphatic rings. The molecular weight excluding hydrogens is 266 g/mol. The minimum atomic E-state index is -0.302. The van der Waals surface area contributed by atoms with Gasteiger partial charge in [0.1, 0.15) is 0 Å². The summed E-state index contributed by atoms with van der Waals surface area (Å²) in [6.07, 6.45) is 3.31. The lowest BCUT2D eigenvalue weighted by Crippen LogP contribution is -2.25. The summed E-state index contributed by atoms with van der Waals surface area (Å²) in [6.45, 7) is 7.91. The monoisotopic (exact) mass is 289 g/mol. The summed E-state index contributed by atoms with van der Waals surface area (Å²) in [5, 5.41) is 2.66. The topological polar surface area (TPSA) is 55.4 Å². The summed E-state index contributed by atoms with van der Waals surface area (Å²) in [6, 6.07) is 6.06. The number of carbonyl (C=O) groups is 2. The van der Waals surface area contributed by atoms with Gasteiger partial charge in [-0.1, -0.05) is 23.8 Å². The summed E-state index contributed by atoms with van der Waals surface area (Å²) in [7, 11) is 0. The average molecular weight is 289 g/mol. The van der Waals surface area contributed by atoms with Crippen LogP contribution in [0.1, 0.15) is 37.0 Å². The number of hydrogen-bond acceptors (Lipinski definition) is 3. The molecule has 1 aromatic rings. The van der Waals surface area contributed by atoms with Gasteiger partial charge in [-0.15, -0.1) is 0 Å². The number of esters is 1. The highest BCUT2D eigenvalue weighted by Gasteiger charge is 2.05. The first-order valence-electron chi connectivity index (χ1n) is 7.11. The van der Waals surface area contributed by atoms with Crippen LogP contribution in [0.3, 0.4) is 0 Å². The second-order valence-electron chi connectivity index (χ2n) is 5.27. The fourth-order valence-corrected chi connectivity index (χ4v) is 1.85. The lowest BCUT2D eigenvalue weighted by molar-refractivity contribution is -0.147. The van der Waals surface area contributed by atoms with Crippen molar-refractivity contribution < 1.29 is 14.3 Å². The van der Waals surface area contributed by atoms with Gasteiger partial charge in [0, 0.05) is 12.6 Å². The van der Waals surface area contributed by atoms with Crippen LogP contribution in [0.25, 0.3) is 6.08 Å². The number of amides is 1. The minimum absolute atomic E-state index is 0.127. The van der Waals surface area contributed by atoms with Crippen molar-refractivity contribution in [3.8, 4) is 0 Å². The van der Waals surface area contributed by atoms with E-state index < -0.39 is 0 Å². The Balaban J connectivity index is 2.40. The number of aryl methyl sites for hydroxylation is 2. The Labute approximate surface area is 126 Å². The van der Waals surface area contributed by atoms with Crippen LogP contribution in [0.5, 0.6) is 0 Å². The molecule has 4 heteroatoms. The average Bonchev–Trinajstić information content (AvgIpc) is 2.36. The Morgan fingerprint density at radius 1 is 1.29 bits per heavy atom. The normalized spacial score (nSPS) is 10.9. The van der Waals surface area contributed by atoms with E-state index in [1.807, 2.05) is 26.0 Å². The van der Waals surface area contributed by atoms with Crippen molar-refractivity contribution in [2.75, 3.05) is 6.54 Å². The molecule has 0 radical (unpaired) electrons. The summed E-state index contributed by atoms with van der Waals surface area (Å²) >= 11 is 0. The minimum Gasteiger partial charge on any atom is -0.463 e. The van der Waals surface area contributed by atoms with Gasteiger partial charge in [-0.25, -0.2) is 0 Å². The summed E-state index contributed by atoms with van der Waals surface area (Å²) in [5.74, 6) is -0.518. The van der Waals surface area contributed by atoms with Gasteiger partial charge < -0.3 is 10.1 Å². The molecule has 1 aromatic carbocycles. The van der Waals surface area contributed by atoms with Crippen molar-refractivity contribution in [1.82, 2.24) is 5.32 Å². The number of hydrogen-bond donors (Lipinski definition) is 1. The molecule has 0 fully saturated rings. The summed E-state index contributed by atoms with van der Waals surface area (Å²) in [4.78, 5) is 22.9. The highest BCUT2D eigenvalue weighted by Crippen LogP contribution is 2.11. The first-order chi connectivity index (χ1) is 9.88. The zero-order valence-corrected chi connectivity index (χ0v) is 13.1. The molecule has 0 unspecified atom stereocenters. The van der Waals surface area contributed by atoms with Crippen molar-refractivity contribution in [3.05, 3.63) is 41.0 Å². The zero-order chi connectivity index (χ0) is 15.8. The number of benzene rings is 1. The molecular formula is C17H23NO3. The molecule has 0 atom stereocenters. The molecule has 0 saturated carbocycles. The van der Waals surface area contributed by atoms with Gasteiger partial charge in [0.25, 0.3) is 0 Å². The van der Waals surface area contributed by atoms with Crippen LogP contribution in [-0.2, 0) is 14.3 Å². The van der Waals surface area contributed by atoms with Crippen molar-refractivity contribution in [2.45, 2.75) is 40.2 Å². The lowest BCUT2D eigenvalue weighted by Gasteiger charge is -2.07. The molecule has 1 rings (SSSR count). The molecule has 114 valence electrons. The Morgan fingerprint density at radius 2 is 2.00 bits per heavy atom. The van der Waals surface area contributed by atoms with E-state index in [-0.39, 0.29) is 30.9 Å². The molecule has 0 bridgehead atoms. The van der Waals surface area contributed by atoms with Gasteiger partial charge in [-0.05, 0) is 44.9 Å². The van der Waals surface area contributed by atoms with E-state index in [1.54, 1.807) is 19.9 Å². The molecule has 0 aliphatic carbocycles. The quantitative estimate of drug-likeness (QED) is 0.647. The third kappa shape index (κ3) is 6.75. The predicted octanol–water partition coefficient (Wildman–Crippen LogP) is 2.77. The van der Waals surface area contributed by atoms with E-state index >= 15 is 0 Å². The van der Waals surface area contributed by atoms with E-state index in [0.717, 1.165) is 11.1 Å². The van der Waals surface area contributed by atoms with Crippen molar-refractivity contribution in [2.24, 2.45) is 0 Å². The second-order valence-corrected chi connectivity index (χ2v) is 5.27. The molecule has 21 heavy (non-hydrogen) atoms. The van der Waals surface area contributed by atoms with Crippen LogP contribution < -0.4 is 5.32 Å². The number of rotatable bonds is 6. The molecule has 0 aliphatic heterocycles. The number of nitrogens with one attached hydrogen (secondary N) is 1. The van der Waals surface area contributed by atoms with E-state index in [4.69, 9.17) is 4.74 Å². The highest BCUT2D eigenvalue weighted by atomic mass is 16.5. The van der Waals surface area contributed by atoms with E-state index in [9.17, 15) is 9.59 Å². The molecule has 0 saturated heterocycles. The standard InChI is InChI=1S/C17H23NO3/c1-12(2)21-17(20)9-10-18-16(19)8-7-15-6-5-13(3)11-14(15)4/h5-8,11-12H,9-10H2,1-4H3,(H,18,19)/b8-7+. The van der Waals surface area contributed by atoms with E-state index in [0.29, 0.717) is 0 Å². The maximum atomic E-state index is 11.6. The van der Waals surface area contributed by atoms with E-state index in [1.165, 1.54) is 11.6 Å². The number of ether oxygens (including phenoxy) is 1. The summed E-state index contributed by atoms with van der Waals surface area (Å²) < 4.78 is 4.98. The third-order valence-electron chi connectivity index (χ3n) is 2.84. The van der Waals surface area contributed by atoms with Crippen LogP contribution in [0, 0.1) is 13.8 Å². The van der Waals surface area contributed by atoms with E-state index in [2.05, 4.69) is 11.4 Å². The van der Waals surface area contributed by atoms with Crippen molar-refractivity contribution >= 4 is 18.0 Å². The fourth-order valence-electron chi connectivity index (χ4n) is 1.85. The van der Waals surface area contributed by atoms with Gasteiger partial charge in [0.2, 0.25) is 5.91 Å². The molecule has 4 nitrogen and oxygen atoms in total. The Kier molecular flexibility index (Phi) is 6.66. The first kappa shape index (κ1) is 17.0.